The second-order valence-electron chi connectivity index (χ2n) is 14.1. The van der Waals surface area contributed by atoms with Crippen LogP contribution in [0.5, 0.6) is 0 Å². The molecule has 0 radical (unpaired) electrons. The molecule has 0 aliphatic carbocycles. The van der Waals surface area contributed by atoms with Crippen LogP contribution in [0.25, 0.3) is 54.6 Å². The second-order valence-corrected chi connectivity index (χ2v) is 14.1. The quantitative estimate of drug-likeness (QED) is 0.145. The Balaban J connectivity index is 1.08. The third-order valence-electron chi connectivity index (χ3n) is 10.8. The molecule has 56 heavy (non-hydrogen) atoms. The Kier molecular flexibility index (Phi) is 8.55. The van der Waals surface area contributed by atoms with E-state index in [4.69, 9.17) is 0 Å². The van der Waals surface area contributed by atoms with Gasteiger partial charge in [-0.25, -0.2) is 0 Å². The van der Waals surface area contributed by atoms with Gasteiger partial charge in [0.25, 0.3) is 0 Å². The molecule has 0 aromatic heterocycles. The highest BCUT2D eigenvalue weighted by Crippen LogP contribution is 2.46. The fraction of sp³-hybridized carbons (Fsp3) is 0. The van der Waals surface area contributed by atoms with Gasteiger partial charge < -0.3 is 9.80 Å². The molecule has 0 N–H and O–H groups in total. The first-order chi connectivity index (χ1) is 27.8. The molecule has 0 spiro atoms. The third-order valence-corrected chi connectivity index (χ3v) is 10.8. The molecule has 0 fully saturated rings. The molecule has 0 saturated heterocycles. The fourth-order valence-electron chi connectivity index (χ4n) is 8.33. The fourth-order valence-corrected chi connectivity index (χ4v) is 8.33. The van der Waals surface area contributed by atoms with Gasteiger partial charge in [0.1, 0.15) is 0 Å². The zero-order valence-electron chi connectivity index (χ0n) is 30.8. The maximum atomic E-state index is 2.34. The van der Waals surface area contributed by atoms with Crippen LogP contribution in [0.2, 0.25) is 0 Å². The highest BCUT2D eigenvalue weighted by molar-refractivity contribution is 6.23. The molecule has 10 aromatic carbocycles. The van der Waals surface area contributed by atoms with Gasteiger partial charge in [-0.2, -0.15) is 0 Å². The average molecular weight is 715 g/mol. The van der Waals surface area contributed by atoms with Gasteiger partial charge in [0.15, 0.2) is 0 Å². The van der Waals surface area contributed by atoms with Crippen LogP contribution in [0.3, 0.4) is 0 Å². The van der Waals surface area contributed by atoms with Crippen LogP contribution >= 0.6 is 0 Å². The van der Waals surface area contributed by atoms with E-state index in [1.165, 1.54) is 54.6 Å². The molecule has 0 saturated carbocycles. The molecule has 0 atom stereocenters. The Bertz CT molecular complexity index is 2840. The van der Waals surface area contributed by atoms with Gasteiger partial charge in [0.05, 0.1) is 0 Å². The maximum absolute atomic E-state index is 2.34. The first-order valence-electron chi connectivity index (χ1n) is 19.2. The summed E-state index contributed by atoms with van der Waals surface area (Å²) < 4.78 is 0. The van der Waals surface area contributed by atoms with E-state index in [0.717, 1.165) is 34.1 Å². The molecule has 0 heterocycles. The van der Waals surface area contributed by atoms with Crippen molar-refractivity contribution in [3.63, 3.8) is 0 Å². The molecule has 2 nitrogen and oxygen atoms in total. The van der Waals surface area contributed by atoms with Crippen LogP contribution in [-0.2, 0) is 0 Å². The van der Waals surface area contributed by atoms with E-state index in [1.807, 2.05) is 0 Å². The van der Waals surface area contributed by atoms with Crippen LogP contribution in [0.4, 0.5) is 34.1 Å². The van der Waals surface area contributed by atoms with Crippen molar-refractivity contribution >= 4 is 66.4 Å². The van der Waals surface area contributed by atoms with E-state index < -0.39 is 0 Å². The van der Waals surface area contributed by atoms with Crippen LogP contribution < -0.4 is 9.80 Å². The Morgan fingerprint density at radius 2 is 0.536 bits per heavy atom. The van der Waals surface area contributed by atoms with E-state index in [2.05, 4.69) is 240 Å². The monoisotopic (exact) mass is 714 g/mol. The summed E-state index contributed by atoms with van der Waals surface area (Å²) in [6.45, 7) is 0. The minimum Gasteiger partial charge on any atom is -0.311 e. The second kappa shape index (κ2) is 14.4. The molecule has 10 aromatic rings. The van der Waals surface area contributed by atoms with Crippen LogP contribution in [0, 0.1) is 0 Å². The van der Waals surface area contributed by atoms with Gasteiger partial charge in [-0.3, -0.25) is 0 Å². The first kappa shape index (κ1) is 33.2. The maximum Gasteiger partial charge on any atom is 0.0463 e. The molecule has 0 aliphatic rings. The lowest BCUT2D eigenvalue weighted by Crippen LogP contribution is -2.12. The zero-order valence-corrected chi connectivity index (χ0v) is 30.8. The van der Waals surface area contributed by atoms with E-state index in [9.17, 15) is 0 Å². The molecule has 10 rings (SSSR count). The van der Waals surface area contributed by atoms with Gasteiger partial charge in [0, 0.05) is 34.1 Å². The summed E-state index contributed by atoms with van der Waals surface area (Å²) in [5, 5.41) is 7.53. The van der Waals surface area contributed by atoms with Crippen molar-refractivity contribution in [2.75, 3.05) is 9.80 Å². The minimum atomic E-state index is 1.09. The standard InChI is InChI=1S/C54H38N2/c1-4-19-41(20-5-1)55(42-21-6-2-7-22-42)45-35-37-46(38-36-45)56(43-23-8-3-9-24-43)44-33-31-40(32-34-44)53-49-26-12-14-28-51(49)54(52-29-15-13-27-50(52)53)48-30-16-18-39-17-10-11-25-47(39)48/h1-38H. The van der Waals surface area contributed by atoms with Crippen molar-refractivity contribution < 1.29 is 0 Å². The van der Waals surface area contributed by atoms with Crippen molar-refractivity contribution in [1.82, 2.24) is 0 Å². The molecule has 264 valence electrons. The predicted molar refractivity (Wildman–Crippen MR) is 239 cm³/mol. The summed E-state index contributed by atoms with van der Waals surface area (Å²) >= 11 is 0. The van der Waals surface area contributed by atoms with Crippen molar-refractivity contribution in [3.8, 4) is 22.3 Å². The van der Waals surface area contributed by atoms with Crippen LogP contribution in [-0.4, -0.2) is 0 Å². The van der Waals surface area contributed by atoms with Crippen molar-refractivity contribution in [1.29, 1.82) is 0 Å². The Morgan fingerprint density at radius 1 is 0.214 bits per heavy atom. The Morgan fingerprint density at radius 3 is 0.982 bits per heavy atom. The van der Waals surface area contributed by atoms with E-state index in [-0.39, 0.29) is 0 Å². The lowest BCUT2D eigenvalue weighted by molar-refractivity contribution is 1.26. The number of fused-ring (bicyclic) bond motifs is 3. The summed E-state index contributed by atoms with van der Waals surface area (Å²) in [5.74, 6) is 0. The zero-order chi connectivity index (χ0) is 37.3. The van der Waals surface area contributed by atoms with Crippen molar-refractivity contribution in [2.45, 2.75) is 0 Å². The normalized spacial score (nSPS) is 11.2. The van der Waals surface area contributed by atoms with Gasteiger partial charge in [-0.1, -0.05) is 158 Å². The van der Waals surface area contributed by atoms with E-state index in [0.29, 0.717) is 0 Å². The Hall–Kier alpha value is -7.42. The number of para-hydroxylation sites is 3. The lowest BCUT2D eigenvalue weighted by Gasteiger charge is -2.28. The van der Waals surface area contributed by atoms with Crippen LogP contribution in [0.15, 0.2) is 231 Å². The number of benzene rings is 10. The number of hydrogen-bond acceptors (Lipinski definition) is 2. The number of anilines is 6. The first-order valence-corrected chi connectivity index (χ1v) is 19.2. The van der Waals surface area contributed by atoms with Gasteiger partial charge in [-0.05, 0) is 127 Å². The van der Waals surface area contributed by atoms with Crippen molar-refractivity contribution in [2.24, 2.45) is 0 Å². The Labute approximate surface area is 327 Å². The molecule has 0 unspecified atom stereocenters. The summed E-state index contributed by atoms with van der Waals surface area (Å²) in [6.07, 6.45) is 0. The smallest absolute Gasteiger partial charge is 0.0463 e. The average Bonchev–Trinajstić information content (AvgIpc) is 3.27. The molecule has 2 heteroatoms. The minimum absolute atomic E-state index is 1.09. The summed E-state index contributed by atoms with van der Waals surface area (Å²) in [5.41, 5.74) is 11.6. The number of hydrogen-bond donors (Lipinski definition) is 0. The summed E-state index contributed by atoms with van der Waals surface area (Å²) in [4.78, 5) is 4.63. The topological polar surface area (TPSA) is 6.48 Å². The van der Waals surface area contributed by atoms with Gasteiger partial charge in [0.2, 0.25) is 0 Å². The van der Waals surface area contributed by atoms with E-state index >= 15 is 0 Å². The summed E-state index contributed by atoms with van der Waals surface area (Å²) in [6, 6.07) is 82.9. The number of rotatable bonds is 8. The molecule has 0 amide bonds. The largest absolute Gasteiger partial charge is 0.311 e. The highest BCUT2D eigenvalue weighted by Gasteiger charge is 2.19. The highest BCUT2D eigenvalue weighted by atomic mass is 15.2. The van der Waals surface area contributed by atoms with E-state index in [1.54, 1.807) is 0 Å². The molecule has 0 bridgehead atoms. The van der Waals surface area contributed by atoms with Gasteiger partial charge >= 0.3 is 0 Å². The lowest BCUT2D eigenvalue weighted by atomic mass is 9.85. The molecular formula is C54H38N2. The van der Waals surface area contributed by atoms with Crippen LogP contribution in [0.1, 0.15) is 0 Å². The third kappa shape index (κ3) is 5.95. The predicted octanol–water partition coefficient (Wildman–Crippen LogP) is 15.4. The SMILES string of the molecule is c1ccc(N(c2ccccc2)c2ccc(N(c3ccccc3)c3ccc(-c4c5ccccc5c(-c5cccc6ccccc56)c5ccccc45)cc3)cc2)cc1. The molecular weight excluding hydrogens is 677 g/mol. The molecule has 0 aliphatic heterocycles. The van der Waals surface area contributed by atoms with Gasteiger partial charge in [-0.15, -0.1) is 0 Å². The summed E-state index contributed by atoms with van der Waals surface area (Å²) in [7, 11) is 0. The number of nitrogens with zero attached hydrogens (tertiary/aromatic N) is 2. The van der Waals surface area contributed by atoms with Crippen molar-refractivity contribution in [3.05, 3.63) is 231 Å².